The average molecular weight is 741 g/mol. The molecule has 0 aliphatic heterocycles. The lowest BCUT2D eigenvalue weighted by molar-refractivity contribution is 0.669. The molecule has 0 radical (unpaired) electrons. The minimum absolute atomic E-state index is 0.122. The Kier molecular flexibility index (Phi) is 8.38. The fourth-order valence-corrected chi connectivity index (χ4v) is 8.98. The van der Waals surface area contributed by atoms with Crippen LogP contribution < -0.4 is 10.6 Å². The summed E-state index contributed by atoms with van der Waals surface area (Å²) in [5.41, 5.74) is 14.5. The molecule has 10 rings (SSSR count). The van der Waals surface area contributed by atoms with Crippen LogP contribution in [-0.4, -0.2) is 11.7 Å². The molecule has 0 fully saturated rings. The molecule has 0 spiro atoms. The number of nitrogens with zero attached hydrogens (tertiary/aromatic N) is 3. The zero-order chi connectivity index (χ0) is 37.6. The highest BCUT2D eigenvalue weighted by Crippen LogP contribution is 2.46. The van der Waals surface area contributed by atoms with E-state index in [0.29, 0.717) is 11.7 Å². The predicted octanol–water partition coefficient (Wildman–Crippen LogP) is 13.5. The van der Waals surface area contributed by atoms with Crippen LogP contribution >= 0.6 is 11.3 Å². The highest BCUT2D eigenvalue weighted by molar-refractivity contribution is 7.25. The second-order valence-corrected chi connectivity index (χ2v) is 15.0. The third-order valence-corrected chi connectivity index (χ3v) is 11.6. The number of anilines is 3. The number of aliphatic imine (C=N–C) groups is 2. The molecule has 10 aromatic rings. The fraction of sp³-hybridized carbons (Fsp3) is 0.0400. The van der Waals surface area contributed by atoms with E-state index in [2.05, 4.69) is 127 Å². The Bertz CT molecular complexity index is 3110. The van der Waals surface area contributed by atoms with Gasteiger partial charge in [0, 0.05) is 64.9 Å². The summed E-state index contributed by atoms with van der Waals surface area (Å²) in [5.74, 6) is 0.947. The van der Waals surface area contributed by atoms with Crippen LogP contribution in [0.2, 0.25) is 0 Å². The molecular formula is C50H36N4OS. The minimum atomic E-state index is -0.122. The second-order valence-electron chi connectivity index (χ2n) is 13.9. The number of para-hydroxylation sites is 1. The van der Waals surface area contributed by atoms with Gasteiger partial charge in [-0.3, -0.25) is 4.99 Å². The van der Waals surface area contributed by atoms with Gasteiger partial charge in [0.2, 0.25) is 0 Å². The van der Waals surface area contributed by atoms with Crippen molar-refractivity contribution in [3.05, 3.63) is 199 Å². The molecule has 8 aromatic carbocycles. The lowest BCUT2D eigenvalue weighted by atomic mass is 9.98. The molecule has 0 unspecified atom stereocenters. The lowest BCUT2D eigenvalue weighted by Crippen LogP contribution is -2.17. The van der Waals surface area contributed by atoms with Crippen molar-refractivity contribution >= 4 is 93.0 Å². The van der Waals surface area contributed by atoms with E-state index in [0.717, 1.165) is 66.5 Å². The van der Waals surface area contributed by atoms with Crippen molar-refractivity contribution in [1.29, 1.82) is 0 Å². The van der Waals surface area contributed by atoms with E-state index in [-0.39, 0.29) is 6.04 Å². The summed E-state index contributed by atoms with van der Waals surface area (Å²) in [6, 6.07) is 62.9. The number of thiophene rings is 1. The van der Waals surface area contributed by atoms with E-state index in [4.69, 9.17) is 20.1 Å². The van der Waals surface area contributed by atoms with Crippen LogP contribution in [0.3, 0.4) is 0 Å². The SMILES string of the molecule is C[C@H](/N=C(\N=C(/N)c1cccc2oc3cc(N(c4ccccc4)c4ccc5c(c4)sc4ccccc45)c4ccccc4c3c12)c1ccccc1)c1ccccc1. The third-order valence-electron chi connectivity index (χ3n) is 10.5. The Morgan fingerprint density at radius 3 is 2.02 bits per heavy atom. The van der Waals surface area contributed by atoms with Gasteiger partial charge < -0.3 is 15.1 Å². The van der Waals surface area contributed by atoms with Gasteiger partial charge in [0.25, 0.3) is 0 Å². The number of fused-ring (bicyclic) bond motifs is 8. The molecule has 2 aromatic heterocycles. The smallest absolute Gasteiger partial charge is 0.157 e. The summed E-state index contributed by atoms with van der Waals surface area (Å²) in [7, 11) is 0. The first kappa shape index (κ1) is 33.5. The van der Waals surface area contributed by atoms with Crippen LogP contribution in [0.25, 0.3) is 52.9 Å². The maximum atomic E-state index is 7.03. The van der Waals surface area contributed by atoms with E-state index < -0.39 is 0 Å². The molecule has 1 atom stereocenters. The quantitative estimate of drug-likeness (QED) is 0.131. The molecule has 6 heteroatoms. The van der Waals surface area contributed by atoms with E-state index in [9.17, 15) is 0 Å². The monoisotopic (exact) mass is 740 g/mol. The molecule has 2 heterocycles. The molecule has 0 saturated carbocycles. The predicted molar refractivity (Wildman–Crippen MR) is 237 cm³/mol. The van der Waals surface area contributed by atoms with Crippen LogP contribution in [0.5, 0.6) is 0 Å². The van der Waals surface area contributed by atoms with E-state index >= 15 is 0 Å². The minimum Gasteiger partial charge on any atom is -0.456 e. The summed E-state index contributed by atoms with van der Waals surface area (Å²) in [6.45, 7) is 2.08. The first-order valence-electron chi connectivity index (χ1n) is 18.8. The van der Waals surface area contributed by atoms with Gasteiger partial charge in [0.05, 0.1) is 11.7 Å². The van der Waals surface area contributed by atoms with Crippen molar-refractivity contribution in [2.45, 2.75) is 13.0 Å². The summed E-state index contributed by atoms with van der Waals surface area (Å²) in [4.78, 5) is 12.5. The Morgan fingerprint density at radius 1 is 0.571 bits per heavy atom. The maximum absolute atomic E-state index is 7.03. The number of nitrogens with two attached hydrogens (primary N) is 1. The molecule has 56 heavy (non-hydrogen) atoms. The number of furan rings is 1. The number of hydrogen-bond donors (Lipinski definition) is 1. The fourth-order valence-electron chi connectivity index (χ4n) is 7.84. The normalized spacial score (nSPS) is 12.9. The van der Waals surface area contributed by atoms with Crippen LogP contribution in [0.1, 0.15) is 29.7 Å². The van der Waals surface area contributed by atoms with Crippen molar-refractivity contribution in [3.8, 4) is 0 Å². The Hall–Kier alpha value is -7.02. The zero-order valence-electron chi connectivity index (χ0n) is 30.6. The molecule has 0 amide bonds. The summed E-state index contributed by atoms with van der Waals surface area (Å²) >= 11 is 1.82. The van der Waals surface area contributed by atoms with Gasteiger partial charge in [-0.15, -0.1) is 11.3 Å². The Labute approximate surface area is 328 Å². The van der Waals surface area contributed by atoms with Crippen molar-refractivity contribution in [1.82, 2.24) is 0 Å². The van der Waals surface area contributed by atoms with E-state index in [1.807, 2.05) is 78.1 Å². The standard InChI is InChI=1S/C50H36N4OS/c1-32(33-16-5-2-6-17-33)52-50(34-18-7-3-8-19-34)53-49(51)41-25-15-26-43-48(41)47-40-24-12-11-22-37(40)42(31-44(47)55-43)54(35-20-9-4-10-21-35)36-28-29-39-38-23-13-14-27-45(38)56-46(39)30-36/h2-32H,1H3,(H2,51,52,53)/t32-/m0/s1. The third kappa shape index (κ3) is 5.88. The van der Waals surface area contributed by atoms with Gasteiger partial charge in [-0.05, 0) is 54.3 Å². The molecule has 2 N–H and O–H groups in total. The van der Waals surface area contributed by atoms with Gasteiger partial charge in [0.15, 0.2) is 5.84 Å². The lowest BCUT2D eigenvalue weighted by Gasteiger charge is -2.27. The second kappa shape index (κ2) is 14.0. The van der Waals surface area contributed by atoms with Crippen molar-refractivity contribution in [2.24, 2.45) is 15.7 Å². The van der Waals surface area contributed by atoms with Gasteiger partial charge in [-0.1, -0.05) is 140 Å². The Morgan fingerprint density at radius 2 is 1.23 bits per heavy atom. The van der Waals surface area contributed by atoms with Gasteiger partial charge in [-0.25, -0.2) is 4.99 Å². The largest absolute Gasteiger partial charge is 0.456 e. The molecule has 0 saturated heterocycles. The molecule has 0 aliphatic carbocycles. The zero-order valence-corrected chi connectivity index (χ0v) is 31.4. The average Bonchev–Trinajstić information content (AvgIpc) is 3.83. The van der Waals surface area contributed by atoms with Crippen LogP contribution in [0.4, 0.5) is 17.1 Å². The van der Waals surface area contributed by atoms with Gasteiger partial charge in [0.1, 0.15) is 17.0 Å². The Balaban J connectivity index is 1.17. The van der Waals surface area contributed by atoms with E-state index in [1.165, 1.54) is 20.2 Å². The van der Waals surface area contributed by atoms with Crippen LogP contribution in [-0.2, 0) is 0 Å². The van der Waals surface area contributed by atoms with Crippen LogP contribution in [0.15, 0.2) is 196 Å². The number of benzene rings is 8. The molecule has 5 nitrogen and oxygen atoms in total. The van der Waals surface area contributed by atoms with E-state index in [1.54, 1.807) is 0 Å². The summed E-state index contributed by atoms with van der Waals surface area (Å²) in [5, 5.41) is 6.63. The molecular weight excluding hydrogens is 705 g/mol. The van der Waals surface area contributed by atoms with Crippen molar-refractivity contribution in [3.63, 3.8) is 0 Å². The number of rotatable bonds is 7. The van der Waals surface area contributed by atoms with Crippen molar-refractivity contribution in [2.75, 3.05) is 4.90 Å². The summed E-state index contributed by atoms with van der Waals surface area (Å²) < 4.78 is 9.30. The topological polar surface area (TPSA) is 67.1 Å². The first-order valence-corrected chi connectivity index (χ1v) is 19.6. The maximum Gasteiger partial charge on any atom is 0.157 e. The van der Waals surface area contributed by atoms with Crippen molar-refractivity contribution < 1.29 is 4.42 Å². The number of hydrogen-bond acceptors (Lipinski definition) is 4. The highest BCUT2D eigenvalue weighted by atomic mass is 32.1. The first-order chi connectivity index (χ1) is 27.6. The van der Waals surface area contributed by atoms with Gasteiger partial charge >= 0.3 is 0 Å². The summed E-state index contributed by atoms with van der Waals surface area (Å²) in [6.07, 6.45) is 0. The molecule has 268 valence electrons. The molecule has 0 bridgehead atoms. The molecule has 0 aliphatic rings. The van der Waals surface area contributed by atoms with Crippen LogP contribution in [0, 0.1) is 0 Å². The van der Waals surface area contributed by atoms with Gasteiger partial charge in [-0.2, -0.15) is 0 Å². The highest BCUT2D eigenvalue weighted by Gasteiger charge is 2.23. The number of amidine groups is 2.